The van der Waals surface area contributed by atoms with Crippen LogP contribution >= 0.6 is 0 Å². The molecule has 2 aliphatic rings. The molecule has 21 heavy (non-hydrogen) atoms. The number of unbranched alkanes of at least 4 members (excludes halogenated alkanes) is 1. The van der Waals surface area contributed by atoms with Gasteiger partial charge in [0.15, 0.2) is 0 Å². The number of rotatable bonds is 5. The van der Waals surface area contributed by atoms with Crippen LogP contribution in [0.2, 0.25) is 0 Å². The third kappa shape index (κ3) is 7.17. The summed E-state index contributed by atoms with van der Waals surface area (Å²) in [5, 5.41) is 0. The zero-order valence-electron chi connectivity index (χ0n) is 15.8. The second kappa shape index (κ2) is 12.5. The van der Waals surface area contributed by atoms with Crippen LogP contribution < -0.4 is 5.73 Å². The molecular formula is C20H43N. The van der Waals surface area contributed by atoms with Crippen LogP contribution in [0.4, 0.5) is 0 Å². The number of hydrogen-bond acceptors (Lipinski definition) is 1. The van der Waals surface area contributed by atoms with E-state index in [0.29, 0.717) is 6.04 Å². The molecule has 128 valence electrons. The molecule has 2 fully saturated rings. The average Bonchev–Trinajstić information content (AvgIpc) is 2.92. The Balaban J connectivity index is 0.000000921. The van der Waals surface area contributed by atoms with Crippen LogP contribution in [-0.4, -0.2) is 6.04 Å². The molecular weight excluding hydrogens is 254 g/mol. The smallest absolute Gasteiger partial charge is 0.00104 e. The molecule has 2 N–H and O–H groups in total. The lowest BCUT2D eigenvalue weighted by Crippen LogP contribution is -2.25. The highest BCUT2D eigenvalue weighted by atomic mass is 14.6. The minimum atomic E-state index is 0.404. The molecule has 2 rings (SSSR count). The van der Waals surface area contributed by atoms with Gasteiger partial charge in [0, 0.05) is 6.04 Å². The minimum Gasteiger partial charge on any atom is -0.328 e. The first-order valence-corrected chi connectivity index (χ1v) is 9.94. The SMILES string of the molecule is CC.CC.CC(N)CCCCC1CCC2C(C)CCCC12. The molecule has 0 aromatic carbocycles. The van der Waals surface area contributed by atoms with Crippen molar-refractivity contribution in [2.45, 2.75) is 105 Å². The summed E-state index contributed by atoms with van der Waals surface area (Å²) in [6.07, 6.45) is 13.1. The highest BCUT2D eigenvalue weighted by molar-refractivity contribution is 4.90. The van der Waals surface area contributed by atoms with Gasteiger partial charge in [-0.3, -0.25) is 0 Å². The van der Waals surface area contributed by atoms with Crippen molar-refractivity contribution < 1.29 is 0 Å². The molecule has 0 spiro atoms. The standard InChI is InChI=1S/C16H31N.2C2H6/c1-12-6-5-9-16-14(10-11-15(12)16)8-4-3-7-13(2)17;2*1-2/h12-16H,3-11,17H2,1-2H3;2*1-2H3. The highest BCUT2D eigenvalue weighted by Gasteiger charge is 2.39. The molecule has 1 nitrogen and oxygen atoms in total. The van der Waals surface area contributed by atoms with Crippen LogP contribution in [0.25, 0.3) is 0 Å². The lowest BCUT2D eigenvalue weighted by atomic mass is 9.71. The molecule has 0 bridgehead atoms. The van der Waals surface area contributed by atoms with Gasteiger partial charge in [-0.05, 0) is 56.3 Å². The van der Waals surface area contributed by atoms with Gasteiger partial charge >= 0.3 is 0 Å². The fraction of sp³-hybridized carbons (Fsp3) is 1.00. The summed E-state index contributed by atoms with van der Waals surface area (Å²) in [6, 6.07) is 0.404. The Kier molecular flexibility index (Phi) is 12.5. The Morgan fingerprint density at radius 3 is 2.19 bits per heavy atom. The maximum Gasteiger partial charge on any atom is 0.00104 e. The van der Waals surface area contributed by atoms with E-state index in [1.165, 1.54) is 57.8 Å². The fourth-order valence-electron chi connectivity index (χ4n) is 4.46. The maximum absolute atomic E-state index is 5.81. The largest absolute Gasteiger partial charge is 0.328 e. The summed E-state index contributed by atoms with van der Waals surface area (Å²) in [6.45, 7) is 12.6. The van der Waals surface area contributed by atoms with Gasteiger partial charge in [-0.25, -0.2) is 0 Å². The molecule has 1 heteroatoms. The van der Waals surface area contributed by atoms with Gasteiger partial charge in [-0.15, -0.1) is 0 Å². The normalized spacial score (nSPS) is 32.1. The summed E-state index contributed by atoms with van der Waals surface area (Å²) in [7, 11) is 0. The second-order valence-electron chi connectivity index (χ2n) is 6.84. The molecule has 2 saturated carbocycles. The topological polar surface area (TPSA) is 26.0 Å². The number of hydrogen-bond donors (Lipinski definition) is 1. The van der Waals surface area contributed by atoms with Crippen molar-refractivity contribution in [3.05, 3.63) is 0 Å². The molecule has 2 aliphatic carbocycles. The van der Waals surface area contributed by atoms with E-state index in [-0.39, 0.29) is 0 Å². The van der Waals surface area contributed by atoms with E-state index in [4.69, 9.17) is 5.73 Å². The van der Waals surface area contributed by atoms with Gasteiger partial charge in [0.25, 0.3) is 0 Å². The van der Waals surface area contributed by atoms with Crippen LogP contribution in [0.1, 0.15) is 99.3 Å². The summed E-state index contributed by atoms with van der Waals surface area (Å²) in [4.78, 5) is 0. The Morgan fingerprint density at radius 1 is 0.905 bits per heavy atom. The van der Waals surface area contributed by atoms with E-state index in [2.05, 4.69) is 13.8 Å². The molecule has 5 atom stereocenters. The first kappa shape index (κ1) is 21.0. The minimum absolute atomic E-state index is 0.404. The average molecular weight is 298 g/mol. The predicted octanol–water partition coefficient (Wildman–Crippen LogP) is 6.41. The van der Waals surface area contributed by atoms with Gasteiger partial charge < -0.3 is 5.73 Å². The third-order valence-corrected chi connectivity index (χ3v) is 5.44. The summed E-state index contributed by atoms with van der Waals surface area (Å²) >= 11 is 0. The Bertz CT molecular complexity index is 224. The summed E-state index contributed by atoms with van der Waals surface area (Å²) in [5.74, 6) is 4.26. The maximum atomic E-state index is 5.81. The van der Waals surface area contributed by atoms with Gasteiger partial charge in [0.1, 0.15) is 0 Å². The zero-order valence-corrected chi connectivity index (χ0v) is 15.8. The molecule has 5 unspecified atom stereocenters. The molecule has 0 aromatic heterocycles. The summed E-state index contributed by atoms with van der Waals surface area (Å²) in [5.41, 5.74) is 5.81. The first-order valence-electron chi connectivity index (χ1n) is 9.94. The number of nitrogens with two attached hydrogens (primary N) is 1. The number of fused-ring (bicyclic) bond motifs is 1. The molecule has 0 amide bonds. The monoisotopic (exact) mass is 297 g/mol. The zero-order chi connectivity index (χ0) is 16.3. The molecule has 0 heterocycles. The predicted molar refractivity (Wildman–Crippen MR) is 97.5 cm³/mol. The van der Waals surface area contributed by atoms with Crippen molar-refractivity contribution in [3.8, 4) is 0 Å². The van der Waals surface area contributed by atoms with Crippen molar-refractivity contribution in [1.82, 2.24) is 0 Å². The van der Waals surface area contributed by atoms with Gasteiger partial charge in [0.2, 0.25) is 0 Å². The Labute approximate surface area is 135 Å². The van der Waals surface area contributed by atoms with Crippen molar-refractivity contribution >= 4 is 0 Å². The van der Waals surface area contributed by atoms with Gasteiger partial charge in [0.05, 0.1) is 0 Å². The lowest BCUT2D eigenvalue weighted by molar-refractivity contribution is 0.160. The van der Waals surface area contributed by atoms with Crippen molar-refractivity contribution in [2.75, 3.05) is 0 Å². The van der Waals surface area contributed by atoms with E-state index in [1.54, 1.807) is 0 Å². The van der Waals surface area contributed by atoms with Crippen LogP contribution in [0.15, 0.2) is 0 Å². The lowest BCUT2D eigenvalue weighted by Gasteiger charge is -2.34. The van der Waals surface area contributed by atoms with Crippen LogP contribution in [-0.2, 0) is 0 Å². The van der Waals surface area contributed by atoms with Crippen molar-refractivity contribution in [1.29, 1.82) is 0 Å². The second-order valence-corrected chi connectivity index (χ2v) is 6.84. The highest BCUT2D eigenvalue weighted by Crippen LogP contribution is 2.49. The van der Waals surface area contributed by atoms with Crippen LogP contribution in [0.3, 0.4) is 0 Å². The van der Waals surface area contributed by atoms with Crippen LogP contribution in [0, 0.1) is 23.7 Å². The van der Waals surface area contributed by atoms with Gasteiger partial charge in [-0.2, -0.15) is 0 Å². The van der Waals surface area contributed by atoms with Crippen molar-refractivity contribution in [3.63, 3.8) is 0 Å². The molecule has 0 aromatic rings. The van der Waals surface area contributed by atoms with E-state index >= 15 is 0 Å². The fourth-order valence-corrected chi connectivity index (χ4v) is 4.46. The third-order valence-electron chi connectivity index (χ3n) is 5.44. The van der Waals surface area contributed by atoms with Crippen molar-refractivity contribution in [2.24, 2.45) is 29.4 Å². The molecule has 0 radical (unpaired) electrons. The van der Waals surface area contributed by atoms with Gasteiger partial charge in [-0.1, -0.05) is 66.7 Å². The van der Waals surface area contributed by atoms with E-state index in [0.717, 1.165) is 23.7 Å². The molecule has 0 saturated heterocycles. The Hall–Kier alpha value is -0.0400. The first-order chi connectivity index (χ1) is 10.2. The van der Waals surface area contributed by atoms with E-state index in [9.17, 15) is 0 Å². The quantitative estimate of drug-likeness (QED) is 0.583. The van der Waals surface area contributed by atoms with E-state index in [1.807, 2.05) is 27.7 Å². The summed E-state index contributed by atoms with van der Waals surface area (Å²) < 4.78 is 0. The van der Waals surface area contributed by atoms with E-state index < -0.39 is 0 Å². The van der Waals surface area contributed by atoms with Crippen LogP contribution in [0.5, 0.6) is 0 Å². The molecule has 0 aliphatic heterocycles. The Morgan fingerprint density at radius 2 is 1.57 bits per heavy atom.